The lowest BCUT2D eigenvalue weighted by Crippen LogP contribution is -2.35. The Morgan fingerprint density at radius 3 is 2.64 bits per heavy atom. The Labute approximate surface area is 147 Å². The maximum absolute atomic E-state index is 11.9. The van der Waals surface area contributed by atoms with E-state index in [0.717, 1.165) is 12.8 Å². The van der Waals surface area contributed by atoms with Gasteiger partial charge in [0.25, 0.3) is 5.91 Å². The molecule has 0 saturated heterocycles. The van der Waals surface area contributed by atoms with E-state index in [9.17, 15) is 9.59 Å². The Kier molecular flexibility index (Phi) is 7.07. The fourth-order valence-electron chi connectivity index (χ4n) is 2.26. The minimum atomic E-state index is -0.677. The van der Waals surface area contributed by atoms with E-state index in [1.807, 2.05) is 44.2 Å². The molecule has 6 heteroatoms. The smallest absolute Gasteiger partial charge is 0.374 e. The molecule has 2 rings (SSSR count). The molecule has 1 aromatic heterocycles. The summed E-state index contributed by atoms with van der Waals surface area (Å²) in [7, 11) is 0. The van der Waals surface area contributed by atoms with Crippen LogP contribution in [0.1, 0.15) is 43.0 Å². The van der Waals surface area contributed by atoms with Crippen LogP contribution in [0.25, 0.3) is 0 Å². The van der Waals surface area contributed by atoms with Crippen LogP contribution in [-0.2, 0) is 16.1 Å². The van der Waals surface area contributed by atoms with Crippen molar-refractivity contribution in [1.82, 2.24) is 5.32 Å². The van der Waals surface area contributed by atoms with Crippen molar-refractivity contribution in [3.05, 3.63) is 54.0 Å². The SMILES string of the molecule is CCC[C@@H](C)NC(=O)COC(=O)c1ccc(COc2ccccc2)o1. The fraction of sp³-hybridized carbons (Fsp3) is 0.368. The molecule has 0 aliphatic rings. The van der Waals surface area contributed by atoms with E-state index in [1.165, 1.54) is 6.07 Å². The second-order valence-electron chi connectivity index (χ2n) is 5.70. The molecule has 0 fully saturated rings. The van der Waals surface area contributed by atoms with Crippen molar-refractivity contribution in [2.45, 2.75) is 39.3 Å². The van der Waals surface area contributed by atoms with Gasteiger partial charge in [0.2, 0.25) is 5.76 Å². The Morgan fingerprint density at radius 2 is 1.92 bits per heavy atom. The van der Waals surface area contributed by atoms with Gasteiger partial charge in [-0.05, 0) is 37.6 Å². The third-order valence-corrected chi connectivity index (χ3v) is 3.45. The van der Waals surface area contributed by atoms with Crippen molar-refractivity contribution >= 4 is 11.9 Å². The highest BCUT2D eigenvalue weighted by Gasteiger charge is 2.15. The summed E-state index contributed by atoms with van der Waals surface area (Å²) in [6, 6.07) is 12.5. The van der Waals surface area contributed by atoms with E-state index in [0.29, 0.717) is 11.5 Å². The molecule has 0 unspecified atom stereocenters. The minimum Gasteiger partial charge on any atom is -0.486 e. The molecular weight excluding hydrogens is 322 g/mol. The van der Waals surface area contributed by atoms with Gasteiger partial charge < -0.3 is 19.2 Å². The predicted octanol–water partition coefficient (Wildman–Crippen LogP) is 3.32. The molecule has 25 heavy (non-hydrogen) atoms. The zero-order valence-corrected chi connectivity index (χ0v) is 14.5. The van der Waals surface area contributed by atoms with E-state index in [1.54, 1.807) is 6.07 Å². The fourth-order valence-corrected chi connectivity index (χ4v) is 2.26. The minimum absolute atomic E-state index is 0.0427. The quantitative estimate of drug-likeness (QED) is 0.706. The highest BCUT2D eigenvalue weighted by Crippen LogP contribution is 2.14. The van der Waals surface area contributed by atoms with Gasteiger partial charge in [-0.15, -0.1) is 0 Å². The molecule has 0 saturated carbocycles. The summed E-state index contributed by atoms with van der Waals surface area (Å²) in [5, 5.41) is 2.76. The van der Waals surface area contributed by atoms with Crippen LogP contribution in [0.5, 0.6) is 5.75 Å². The first-order valence-corrected chi connectivity index (χ1v) is 8.31. The standard InChI is InChI=1S/C19H23NO5/c1-3-7-14(2)20-18(21)13-24-19(22)17-11-10-16(25-17)12-23-15-8-5-4-6-9-15/h4-6,8-11,14H,3,7,12-13H2,1-2H3,(H,20,21)/t14-/m1/s1. The summed E-state index contributed by atoms with van der Waals surface area (Å²) in [4.78, 5) is 23.6. The van der Waals surface area contributed by atoms with Crippen molar-refractivity contribution in [2.75, 3.05) is 6.61 Å². The number of para-hydroxylation sites is 1. The number of carbonyl (C=O) groups is 2. The van der Waals surface area contributed by atoms with Crippen LogP contribution in [0.4, 0.5) is 0 Å². The van der Waals surface area contributed by atoms with E-state index in [2.05, 4.69) is 5.32 Å². The number of rotatable bonds is 9. The lowest BCUT2D eigenvalue weighted by molar-refractivity contribution is -0.124. The van der Waals surface area contributed by atoms with Crippen LogP contribution in [-0.4, -0.2) is 24.5 Å². The molecule has 0 aliphatic carbocycles. The number of nitrogens with one attached hydrogen (secondary N) is 1. The Balaban J connectivity index is 1.77. The number of hydrogen-bond donors (Lipinski definition) is 1. The predicted molar refractivity (Wildman–Crippen MR) is 92.3 cm³/mol. The molecule has 0 aliphatic heterocycles. The van der Waals surface area contributed by atoms with Gasteiger partial charge in [-0.2, -0.15) is 0 Å². The molecule has 1 N–H and O–H groups in total. The number of benzene rings is 1. The summed E-state index contributed by atoms with van der Waals surface area (Å²) in [5.41, 5.74) is 0. The summed E-state index contributed by atoms with van der Waals surface area (Å²) >= 11 is 0. The summed E-state index contributed by atoms with van der Waals surface area (Å²) < 4.78 is 15.9. The van der Waals surface area contributed by atoms with Crippen molar-refractivity contribution in [1.29, 1.82) is 0 Å². The molecule has 1 aromatic carbocycles. The second kappa shape index (κ2) is 9.52. The topological polar surface area (TPSA) is 77.8 Å². The van der Waals surface area contributed by atoms with Gasteiger partial charge in [0.15, 0.2) is 6.61 Å². The van der Waals surface area contributed by atoms with Crippen molar-refractivity contribution in [3.8, 4) is 5.75 Å². The van der Waals surface area contributed by atoms with Gasteiger partial charge in [-0.1, -0.05) is 31.5 Å². The van der Waals surface area contributed by atoms with Gasteiger partial charge in [0, 0.05) is 6.04 Å². The number of ether oxygens (including phenoxy) is 2. The first kappa shape index (κ1) is 18.6. The normalized spacial score (nSPS) is 11.6. The second-order valence-corrected chi connectivity index (χ2v) is 5.70. The molecule has 2 aromatic rings. The van der Waals surface area contributed by atoms with Gasteiger partial charge >= 0.3 is 5.97 Å². The number of esters is 1. The molecule has 1 heterocycles. The van der Waals surface area contributed by atoms with Crippen LogP contribution >= 0.6 is 0 Å². The first-order valence-electron chi connectivity index (χ1n) is 8.31. The third-order valence-electron chi connectivity index (χ3n) is 3.45. The number of furan rings is 1. The summed E-state index contributed by atoms with van der Waals surface area (Å²) in [6.45, 7) is 3.82. The van der Waals surface area contributed by atoms with Crippen LogP contribution in [0.15, 0.2) is 46.9 Å². The summed E-state index contributed by atoms with van der Waals surface area (Å²) in [6.07, 6.45) is 1.85. The van der Waals surface area contributed by atoms with Crippen molar-refractivity contribution in [2.24, 2.45) is 0 Å². The Morgan fingerprint density at radius 1 is 1.16 bits per heavy atom. The zero-order chi connectivity index (χ0) is 18.1. The molecule has 0 bridgehead atoms. The Bertz CT molecular complexity index is 680. The molecule has 6 nitrogen and oxygen atoms in total. The maximum Gasteiger partial charge on any atom is 0.374 e. The average molecular weight is 345 g/mol. The van der Waals surface area contributed by atoms with Gasteiger partial charge in [-0.3, -0.25) is 4.79 Å². The van der Waals surface area contributed by atoms with Gasteiger partial charge in [0.05, 0.1) is 0 Å². The van der Waals surface area contributed by atoms with Crippen LogP contribution in [0.2, 0.25) is 0 Å². The van der Waals surface area contributed by atoms with Crippen LogP contribution in [0, 0.1) is 0 Å². The van der Waals surface area contributed by atoms with E-state index >= 15 is 0 Å². The highest BCUT2D eigenvalue weighted by molar-refractivity contribution is 5.88. The zero-order valence-electron chi connectivity index (χ0n) is 14.5. The van der Waals surface area contributed by atoms with Crippen molar-refractivity contribution in [3.63, 3.8) is 0 Å². The lowest BCUT2D eigenvalue weighted by Gasteiger charge is -2.12. The van der Waals surface area contributed by atoms with E-state index in [-0.39, 0.29) is 30.9 Å². The molecular formula is C19H23NO5. The van der Waals surface area contributed by atoms with Gasteiger partial charge in [-0.25, -0.2) is 4.79 Å². The maximum atomic E-state index is 11.9. The molecule has 0 radical (unpaired) electrons. The monoisotopic (exact) mass is 345 g/mol. The van der Waals surface area contributed by atoms with E-state index < -0.39 is 5.97 Å². The number of amides is 1. The average Bonchev–Trinajstić information content (AvgIpc) is 3.08. The van der Waals surface area contributed by atoms with Gasteiger partial charge in [0.1, 0.15) is 18.1 Å². The van der Waals surface area contributed by atoms with Crippen molar-refractivity contribution < 1.29 is 23.5 Å². The van der Waals surface area contributed by atoms with E-state index in [4.69, 9.17) is 13.9 Å². The molecule has 0 spiro atoms. The van der Waals surface area contributed by atoms with Crippen LogP contribution < -0.4 is 10.1 Å². The number of hydrogen-bond acceptors (Lipinski definition) is 5. The molecule has 1 amide bonds. The largest absolute Gasteiger partial charge is 0.486 e. The number of carbonyl (C=O) groups excluding carboxylic acids is 2. The lowest BCUT2D eigenvalue weighted by atomic mass is 10.2. The van der Waals surface area contributed by atoms with Crippen LogP contribution in [0.3, 0.4) is 0 Å². The Hall–Kier alpha value is -2.76. The first-order chi connectivity index (χ1) is 12.1. The third kappa shape index (κ3) is 6.33. The molecule has 1 atom stereocenters. The highest BCUT2D eigenvalue weighted by atomic mass is 16.6. The molecule has 134 valence electrons. The summed E-state index contributed by atoms with van der Waals surface area (Å²) in [5.74, 6) is 0.247.